The lowest BCUT2D eigenvalue weighted by Gasteiger charge is -2.45. The van der Waals surface area contributed by atoms with Crippen molar-refractivity contribution in [1.82, 2.24) is 9.21 Å². The summed E-state index contributed by atoms with van der Waals surface area (Å²) in [5, 5.41) is -0.139. The number of rotatable bonds is 4. The van der Waals surface area contributed by atoms with Crippen LogP contribution in [0.25, 0.3) is 0 Å². The van der Waals surface area contributed by atoms with E-state index in [1.54, 1.807) is 4.31 Å². The Morgan fingerprint density at radius 2 is 1.81 bits per heavy atom. The predicted octanol–water partition coefficient (Wildman–Crippen LogP) is 2.40. The van der Waals surface area contributed by atoms with E-state index in [0.29, 0.717) is 26.1 Å². The lowest BCUT2D eigenvalue weighted by molar-refractivity contribution is -0.0626. The summed E-state index contributed by atoms with van der Waals surface area (Å²) in [6.45, 7) is 3.51. The second-order valence-corrected chi connectivity index (χ2v) is 12.0. The van der Waals surface area contributed by atoms with Crippen LogP contribution in [0.3, 0.4) is 0 Å². The van der Waals surface area contributed by atoms with E-state index in [1.165, 1.54) is 6.07 Å². The highest BCUT2D eigenvalue weighted by molar-refractivity contribution is 7.90. The van der Waals surface area contributed by atoms with Gasteiger partial charge in [0.05, 0.1) is 11.9 Å². The second kappa shape index (κ2) is 8.02. The molecule has 5 rings (SSSR count). The molecule has 0 bridgehead atoms. The topological polar surface area (TPSA) is 75.9 Å². The molecule has 0 aromatic heterocycles. The largest absolute Gasteiger partial charge is 0.370 e. The molecule has 3 atom stereocenters. The van der Waals surface area contributed by atoms with Gasteiger partial charge in [0.1, 0.15) is 17.7 Å². The summed E-state index contributed by atoms with van der Waals surface area (Å²) < 4.78 is 60.6. The fraction of sp³-hybridized carbons (Fsp3) is 0.727. The Labute approximate surface area is 182 Å². The smallest absolute Gasteiger partial charge is 0.216 e. The van der Waals surface area contributed by atoms with Crippen molar-refractivity contribution < 1.29 is 21.9 Å². The van der Waals surface area contributed by atoms with Gasteiger partial charge < -0.3 is 10.5 Å². The molecule has 6 nitrogen and oxygen atoms in total. The zero-order valence-corrected chi connectivity index (χ0v) is 18.5. The van der Waals surface area contributed by atoms with E-state index in [9.17, 15) is 17.2 Å². The quantitative estimate of drug-likeness (QED) is 0.755. The zero-order valence-electron chi connectivity index (χ0n) is 17.7. The number of halogens is 2. The third-order valence-electron chi connectivity index (χ3n) is 7.75. The number of nitrogens with two attached hydrogens (primary N) is 1. The van der Waals surface area contributed by atoms with Crippen molar-refractivity contribution in [3.8, 4) is 0 Å². The minimum absolute atomic E-state index is 0.0866. The van der Waals surface area contributed by atoms with E-state index >= 15 is 0 Å². The summed E-state index contributed by atoms with van der Waals surface area (Å²) in [4.78, 5) is 2.38. The molecular formula is C22H31F2N3O3S. The highest BCUT2D eigenvalue weighted by Gasteiger charge is 2.49. The monoisotopic (exact) mass is 455 g/mol. The second-order valence-electron chi connectivity index (χ2n) is 9.84. The van der Waals surface area contributed by atoms with Crippen molar-refractivity contribution in [3.05, 3.63) is 35.4 Å². The molecule has 3 aliphatic heterocycles. The minimum atomic E-state index is -3.10. The highest BCUT2D eigenvalue weighted by Crippen LogP contribution is 2.44. The first-order valence-electron chi connectivity index (χ1n) is 11.3. The van der Waals surface area contributed by atoms with Gasteiger partial charge in [0.2, 0.25) is 10.0 Å². The molecule has 4 fully saturated rings. The summed E-state index contributed by atoms with van der Waals surface area (Å²) in [5.74, 6) is -0.989. The third kappa shape index (κ3) is 4.15. The Morgan fingerprint density at radius 1 is 1.10 bits per heavy atom. The Bertz CT molecular complexity index is 932. The van der Waals surface area contributed by atoms with Crippen LogP contribution in [-0.4, -0.2) is 67.7 Å². The average Bonchev–Trinajstić information content (AvgIpc) is 3.53. The van der Waals surface area contributed by atoms with Gasteiger partial charge in [-0.2, -0.15) is 0 Å². The number of sulfonamides is 1. The third-order valence-corrected chi connectivity index (χ3v) is 10.1. The van der Waals surface area contributed by atoms with Gasteiger partial charge >= 0.3 is 0 Å². The van der Waals surface area contributed by atoms with Crippen LogP contribution in [-0.2, 0) is 14.8 Å². The summed E-state index contributed by atoms with van der Waals surface area (Å²) in [7, 11) is -3.10. The van der Waals surface area contributed by atoms with E-state index in [2.05, 4.69) is 4.90 Å². The van der Waals surface area contributed by atoms with Crippen molar-refractivity contribution in [2.75, 3.05) is 32.8 Å². The molecule has 3 heterocycles. The maximum absolute atomic E-state index is 14.2. The molecule has 2 N–H and O–H groups in total. The fourth-order valence-electron chi connectivity index (χ4n) is 5.61. The fourth-order valence-corrected chi connectivity index (χ4v) is 7.56. The zero-order chi connectivity index (χ0) is 21.8. The van der Waals surface area contributed by atoms with Crippen LogP contribution < -0.4 is 5.73 Å². The van der Waals surface area contributed by atoms with Crippen LogP contribution in [0.15, 0.2) is 18.2 Å². The van der Waals surface area contributed by atoms with Gasteiger partial charge in [-0.1, -0.05) is 0 Å². The van der Waals surface area contributed by atoms with Crippen molar-refractivity contribution in [1.29, 1.82) is 0 Å². The number of nitrogens with zero attached hydrogens (tertiary/aromatic N) is 2. The Balaban J connectivity index is 1.17. The number of benzene rings is 1. The molecule has 9 heteroatoms. The first kappa shape index (κ1) is 21.7. The van der Waals surface area contributed by atoms with Gasteiger partial charge in [-0.05, 0) is 75.2 Å². The van der Waals surface area contributed by atoms with E-state index in [1.807, 2.05) is 0 Å². The standard InChI is InChI=1S/C22H31F2N3O3S/c23-15-1-4-19(24)18(11-15)21-20(25)12-16(13-30-21)26-8-5-22(6-9-26)7-10-27(14-22)31(28,29)17-2-3-17/h1,4,11,16-17,20-21H,2-3,5-10,12-14,25H2/t16-,20+,21-/m1/s1. The number of ether oxygens (including phenoxy) is 1. The molecular weight excluding hydrogens is 424 g/mol. The van der Waals surface area contributed by atoms with Gasteiger partial charge in [0.15, 0.2) is 0 Å². The van der Waals surface area contributed by atoms with Gasteiger partial charge in [0, 0.05) is 30.7 Å². The van der Waals surface area contributed by atoms with E-state index < -0.39 is 33.8 Å². The molecule has 4 aliphatic rings. The van der Waals surface area contributed by atoms with Crippen LogP contribution in [0, 0.1) is 17.0 Å². The molecule has 31 heavy (non-hydrogen) atoms. The Morgan fingerprint density at radius 3 is 2.48 bits per heavy atom. The van der Waals surface area contributed by atoms with E-state index in [4.69, 9.17) is 10.5 Å². The first-order chi connectivity index (χ1) is 14.8. The predicted molar refractivity (Wildman–Crippen MR) is 113 cm³/mol. The van der Waals surface area contributed by atoms with Crippen LogP contribution in [0.5, 0.6) is 0 Å². The molecule has 1 aliphatic carbocycles. The maximum atomic E-state index is 14.2. The van der Waals surface area contributed by atoms with E-state index in [-0.39, 0.29) is 22.3 Å². The maximum Gasteiger partial charge on any atom is 0.216 e. The van der Waals surface area contributed by atoms with Crippen LogP contribution in [0.1, 0.15) is 50.2 Å². The minimum Gasteiger partial charge on any atom is -0.370 e. The number of likely N-dealkylation sites (tertiary alicyclic amines) is 1. The Kier molecular flexibility index (Phi) is 5.62. The van der Waals surface area contributed by atoms with Crippen molar-refractivity contribution >= 4 is 10.0 Å². The van der Waals surface area contributed by atoms with Crippen LogP contribution in [0.2, 0.25) is 0 Å². The summed E-state index contributed by atoms with van der Waals surface area (Å²) >= 11 is 0. The summed E-state index contributed by atoms with van der Waals surface area (Å²) in [5.41, 5.74) is 6.60. The molecule has 1 aromatic rings. The highest BCUT2D eigenvalue weighted by atomic mass is 32.2. The summed E-state index contributed by atoms with van der Waals surface area (Å²) in [6.07, 6.45) is 4.52. The summed E-state index contributed by atoms with van der Waals surface area (Å²) in [6, 6.07) is 3.13. The van der Waals surface area contributed by atoms with Crippen LogP contribution in [0.4, 0.5) is 8.78 Å². The van der Waals surface area contributed by atoms with Gasteiger partial charge in [-0.15, -0.1) is 0 Å². The Hall–Kier alpha value is -1.13. The lowest BCUT2D eigenvalue weighted by Crippen LogP contribution is -2.53. The van der Waals surface area contributed by atoms with Crippen LogP contribution >= 0.6 is 0 Å². The van der Waals surface area contributed by atoms with Crippen molar-refractivity contribution in [2.24, 2.45) is 11.1 Å². The van der Waals surface area contributed by atoms with Gasteiger partial charge in [0.25, 0.3) is 0 Å². The van der Waals surface area contributed by atoms with Crippen molar-refractivity contribution in [3.63, 3.8) is 0 Å². The van der Waals surface area contributed by atoms with E-state index in [0.717, 1.165) is 57.3 Å². The lowest BCUT2D eigenvalue weighted by atomic mass is 9.77. The molecule has 1 aromatic carbocycles. The van der Waals surface area contributed by atoms with Gasteiger partial charge in [-0.3, -0.25) is 4.90 Å². The normalized spacial score (nSPS) is 32.5. The molecule has 0 unspecified atom stereocenters. The molecule has 0 radical (unpaired) electrons. The number of piperidine rings is 1. The number of hydrogen-bond donors (Lipinski definition) is 1. The molecule has 1 spiro atoms. The molecule has 172 valence electrons. The number of hydrogen-bond acceptors (Lipinski definition) is 5. The first-order valence-corrected chi connectivity index (χ1v) is 12.8. The SMILES string of the molecule is N[C@H]1C[C@@H](N2CCC3(CC2)CCN(S(=O)(=O)C2CC2)C3)CO[C@@H]1c1cc(F)ccc1F. The molecule has 0 amide bonds. The average molecular weight is 456 g/mol. The van der Waals surface area contributed by atoms with Crippen molar-refractivity contribution in [2.45, 2.75) is 62.0 Å². The molecule has 1 saturated carbocycles. The molecule has 3 saturated heterocycles. The van der Waals surface area contributed by atoms with Gasteiger partial charge in [-0.25, -0.2) is 21.5 Å².